The van der Waals surface area contributed by atoms with Crippen LogP contribution in [0.1, 0.15) is 53.1 Å². The smallest absolute Gasteiger partial charge is 0.327 e. The van der Waals surface area contributed by atoms with Gasteiger partial charge < -0.3 is 15.1 Å². The number of urea groups is 1. The van der Waals surface area contributed by atoms with Crippen LogP contribution in [0.2, 0.25) is 0 Å². The van der Waals surface area contributed by atoms with Crippen molar-refractivity contribution in [3.8, 4) is 0 Å². The zero-order chi connectivity index (χ0) is 22.0. The Hall–Kier alpha value is -2.75. The SMILES string of the molecule is CC(=O)c1cc(C(=O)NC(C)C2CCCCN2C(=O)CN2CC(=O)N(C)C2=O)cs1. The second-order valence-electron chi connectivity index (χ2n) is 7.76. The van der Waals surface area contributed by atoms with Crippen LogP contribution in [0.4, 0.5) is 4.79 Å². The van der Waals surface area contributed by atoms with E-state index in [9.17, 15) is 24.0 Å². The van der Waals surface area contributed by atoms with Gasteiger partial charge in [-0.15, -0.1) is 11.3 Å². The van der Waals surface area contributed by atoms with Crippen LogP contribution in [0.15, 0.2) is 11.4 Å². The maximum absolute atomic E-state index is 12.9. The van der Waals surface area contributed by atoms with Gasteiger partial charge in [0.2, 0.25) is 11.8 Å². The lowest BCUT2D eigenvalue weighted by molar-refractivity contribution is -0.136. The maximum Gasteiger partial charge on any atom is 0.327 e. The standard InChI is InChI=1S/C20H26N4O5S/c1-12(21-19(28)14-8-16(13(2)25)30-11-14)15-6-4-5-7-24(15)18(27)10-23-9-17(26)22(3)20(23)29/h8,11-12,15H,4-7,9-10H2,1-3H3,(H,21,28). The summed E-state index contributed by atoms with van der Waals surface area (Å²) in [5.74, 6) is -0.932. The summed E-state index contributed by atoms with van der Waals surface area (Å²) >= 11 is 1.23. The Morgan fingerprint density at radius 2 is 2.00 bits per heavy atom. The van der Waals surface area contributed by atoms with E-state index in [1.807, 2.05) is 6.92 Å². The summed E-state index contributed by atoms with van der Waals surface area (Å²) in [5, 5.41) is 4.59. The van der Waals surface area contributed by atoms with Gasteiger partial charge in [-0.2, -0.15) is 0 Å². The Morgan fingerprint density at radius 1 is 1.27 bits per heavy atom. The van der Waals surface area contributed by atoms with E-state index < -0.39 is 6.03 Å². The van der Waals surface area contributed by atoms with Crippen LogP contribution in [0.25, 0.3) is 0 Å². The van der Waals surface area contributed by atoms with Gasteiger partial charge in [0.05, 0.1) is 16.5 Å². The Kier molecular flexibility index (Phi) is 6.55. The number of rotatable bonds is 6. The number of carbonyl (C=O) groups excluding carboxylic acids is 5. The molecule has 2 fully saturated rings. The molecule has 9 nitrogen and oxygen atoms in total. The third-order valence-electron chi connectivity index (χ3n) is 5.60. The number of carbonyl (C=O) groups is 5. The quantitative estimate of drug-likeness (QED) is 0.537. The minimum absolute atomic E-state index is 0.0864. The van der Waals surface area contributed by atoms with Crippen molar-refractivity contribution in [2.24, 2.45) is 0 Å². The van der Waals surface area contributed by atoms with Crippen molar-refractivity contribution in [3.63, 3.8) is 0 Å². The molecule has 10 heteroatoms. The molecule has 2 unspecified atom stereocenters. The van der Waals surface area contributed by atoms with Gasteiger partial charge in [0, 0.05) is 25.0 Å². The minimum Gasteiger partial charge on any atom is -0.347 e. The van der Waals surface area contributed by atoms with Crippen molar-refractivity contribution >= 4 is 40.9 Å². The van der Waals surface area contributed by atoms with Crippen molar-refractivity contribution in [2.75, 3.05) is 26.7 Å². The van der Waals surface area contributed by atoms with Crippen LogP contribution in [0.5, 0.6) is 0 Å². The molecular formula is C20H26N4O5S. The highest BCUT2D eigenvalue weighted by molar-refractivity contribution is 7.12. The summed E-state index contributed by atoms with van der Waals surface area (Å²) in [6, 6.07) is 0.598. The van der Waals surface area contributed by atoms with E-state index in [2.05, 4.69) is 5.32 Å². The molecule has 1 aromatic heterocycles. The molecule has 0 radical (unpaired) electrons. The van der Waals surface area contributed by atoms with Crippen molar-refractivity contribution in [2.45, 2.75) is 45.2 Å². The predicted octanol–water partition coefficient (Wildman–Crippen LogP) is 1.34. The molecule has 3 rings (SSSR count). The number of thiophene rings is 1. The second kappa shape index (κ2) is 8.95. The molecule has 5 amide bonds. The molecule has 2 saturated heterocycles. The Balaban J connectivity index is 1.64. The van der Waals surface area contributed by atoms with Gasteiger partial charge in [0.1, 0.15) is 13.1 Å². The first-order chi connectivity index (χ1) is 14.2. The number of ketones is 1. The zero-order valence-electron chi connectivity index (χ0n) is 17.3. The normalized spacial score (nSPS) is 20.5. The summed E-state index contributed by atoms with van der Waals surface area (Å²) in [7, 11) is 1.40. The van der Waals surface area contributed by atoms with Crippen LogP contribution in [-0.2, 0) is 9.59 Å². The molecule has 30 heavy (non-hydrogen) atoms. The van der Waals surface area contributed by atoms with Gasteiger partial charge in [-0.25, -0.2) is 4.79 Å². The molecular weight excluding hydrogens is 408 g/mol. The summed E-state index contributed by atoms with van der Waals surface area (Å²) < 4.78 is 0. The van der Waals surface area contributed by atoms with E-state index in [0.717, 1.165) is 24.2 Å². The number of imide groups is 1. The number of amides is 5. The first kappa shape index (κ1) is 21.9. The summed E-state index contributed by atoms with van der Waals surface area (Å²) in [4.78, 5) is 65.2. The molecule has 0 aromatic carbocycles. The van der Waals surface area contributed by atoms with Crippen LogP contribution < -0.4 is 5.32 Å². The lowest BCUT2D eigenvalue weighted by Crippen LogP contribution is -2.56. The van der Waals surface area contributed by atoms with Gasteiger partial charge in [0.15, 0.2) is 5.78 Å². The van der Waals surface area contributed by atoms with Crippen LogP contribution in [0.3, 0.4) is 0 Å². The molecule has 2 atom stereocenters. The minimum atomic E-state index is -0.470. The number of piperidine rings is 1. The third-order valence-corrected chi connectivity index (χ3v) is 6.63. The fourth-order valence-electron chi connectivity index (χ4n) is 3.85. The van der Waals surface area contributed by atoms with Crippen LogP contribution in [-0.4, -0.2) is 83.0 Å². The van der Waals surface area contributed by atoms with E-state index in [1.54, 1.807) is 16.3 Å². The highest BCUT2D eigenvalue weighted by atomic mass is 32.1. The maximum atomic E-state index is 12.9. The van der Waals surface area contributed by atoms with Gasteiger partial charge in [-0.3, -0.25) is 24.1 Å². The lowest BCUT2D eigenvalue weighted by atomic mass is 9.96. The average molecular weight is 435 g/mol. The fourth-order valence-corrected chi connectivity index (χ4v) is 4.64. The number of Topliss-reactive ketones (excluding diaryl/α,β-unsaturated/α-hetero) is 1. The molecule has 0 spiro atoms. The highest BCUT2D eigenvalue weighted by Gasteiger charge is 2.37. The predicted molar refractivity (Wildman–Crippen MR) is 110 cm³/mol. The van der Waals surface area contributed by atoms with Gasteiger partial charge >= 0.3 is 6.03 Å². The first-order valence-electron chi connectivity index (χ1n) is 9.94. The summed E-state index contributed by atoms with van der Waals surface area (Å²) in [6.45, 7) is 3.60. The molecule has 0 aliphatic carbocycles. The van der Waals surface area contributed by atoms with Gasteiger partial charge in [-0.05, 0) is 39.2 Å². The van der Waals surface area contributed by atoms with Crippen molar-refractivity contribution < 1.29 is 24.0 Å². The van der Waals surface area contributed by atoms with E-state index in [1.165, 1.54) is 30.2 Å². The Labute approximate surface area is 179 Å². The highest BCUT2D eigenvalue weighted by Crippen LogP contribution is 2.22. The number of nitrogens with one attached hydrogen (secondary N) is 1. The van der Waals surface area contributed by atoms with Gasteiger partial charge in [-0.1, -0.05) is 0 Å². The average Bonchev–Trinajstić information content (AvgIpc) is 3.30. The largest absolute Gasteiger partial charge is 0.347 e. The number of hydrogen-bond acceptors (Lipinski definition) is 6. The Bertz CT molecular complexity index is 882. The van der Waals surface area contributed by atoms with Crippen LogP contribution >= 0.6 is 11.3 Å². The molecule has 1 aromatic rings. The van der Waals surface area contributed by atoms with E-state index >= 15 is 0 Å². The monoisotopic (exact) mass is 434 g/mol. The Morgan fingerprint density at radius 3 is 2.60 bits per heavy atom. The van der Waals surface area contributed by atoms with Crippen molar-refractivity contribution in [1.29, 1.82) is 0 Å². The molecule has 2 aliphatic heterocycles. The molecule has 2 aliphatic rings. The summed E-state index contributed by atoms with van der Waals surface area (Å²) in [5.41, 5.74) is 0.426. The number of likely N-dealkylation sites (tertiary alicyclic amines) is 1. The molecule has 1 N–H and O–H groups in total. The van der Waals surface area contributed by atoms with Crippen molar-refractivity contribution in [3.05, 3.63) is 21.9 Å². The second-order valence-corrected chi connectivity index (χ2v) is 8.67. The van der Waals surface area contributed by atoms with E-state index in [0.29, 0.717) is 17.0 Å². The third kappa shape index (κ3) is 4.53. The zero-order valence-corrected chi connectivity index (χ0v) is 18.2. The number of hydrogen-bond donors (Lipinski definition) is 1. The summed E-state index contributed by atoms with van der Waals surface area (Å²) in [6.07, 6.45) is 2.52. The van der Waals surface area contributed by atoms with Crippen LogP contribution in [0, 0.1) is 0 Å². The molecule has 0 bridgehead atoms. The number of likely N-dealkylation sites (N-methyl/N-ethyl adjacent to an activating group) is 1. The van der Waals surface area contributed by atoms with E-state index in [-0.39, 0.29) is 48.7 Å². The lowest BCUT2D eigenvalue weighted by Gasteiger charge is -2.40. The molecule has 0 saturated carbocycles. The topological polar surface area (TPSA) is 107 Å². The fraction of sp³-hybridized carbons (Fsp3) is 0.550. The number of nitrogens with zero attached hydrogens (tertiary/aromatic N) is 3. The molecule has 162 valence electrons. The van der Waals surface area contributed by atoms with Gasteiger partial charge in [0.25, 0.3) is 5.91 Å². The van der Waals surface area contributed by atoms with E-state index in [4.69, 9.17) is 0 Å². The first-order valence-corrected chi connectivity index (χ1v) is 10.8. The molecule has 3 heterocycles. The van der Waals surface area contributed by atoms with Crippen molar-refractivity contribution in [1.82, 2.24) is 20.0 Å².